The van der Waals surface area contributed by atoms with Gasteiger partial charge in [-0.25, -0.2) is 0 Å². The number of benzene rings is 1. The molecule has 3 rings (SSSR count). The molecule has 2 fully saturated rings. The third-order valence-corrected chi connectivity index (χ3v) is 4.12. The van der Waals surface area contributed by atoms with Gasteiger partial charge in [0.05, 0.1) is 19.1 Å². The lowest BCUT2D eigenvalue weighted by Gasteiger charge is -2.34. The summed E-state index contributed by atoms with van der Waals surface area (Å²) in [5, 5.41) is 0. The summed E-state index contributed by atoms with van der Waals surface area (Å²) in [6, 6.07) is 9.77. The van der Waals surface area contributed by atoms with Crippen molar-refractivity contribution in [2.24, 2.45) is 5.92 Å². The summed E-state index contributed by atoms with van der Waals surface area (Å²) in [6.07, 6.45) is 3.15. The molecule has 4 heteroatoms. The Morgan fingerprint density at radius 2 is 1.80 bits per heavy atom. The summed E-state index contributed by atoms with van der Waals surface area (Å²) in [7, 11) is 0. The van der Waals surface area contributed by atoms with Crippen LogP contribution in [0.4, 0.5) is 0 Å². The molecule has 1 heterocycles. The molecule has 0 radical (unpaired) electrons. The van der Waals surface area contributed by atoms with Crippen molar-refractivity contribution in [1.82, 2.24) is 0 Å². The second-order valence-electron chi connectivity index (χ2n) is 5.48. The predicted molar refractivity (Wildman–Crippen MR) is 72.8 cm³/mol. The number of ether oxygens (including phenoxy) is 3. The van der Waals surface area contributed by atoms with Crippen LogP contribution >= 0.6 is 0 Å². The third-order valence-electron chi connectivity index (χ3n) is 4.12. The summed E-state index contributed by atoms with van der Waals surface area (Å²) >= 11 is 0. The molecular weight excluding hydrogens is 256 g/mol. The Labute approximate surface area is 119 Å². The SMILES string of the molecule is O=C(OCc1ccccc1)C1CCC2(CC1)OCCO2. The van der Waals surface area contributed by atoms with Gasteiger partial charge in [-0.3, -0.25) is 4.79 Å². The Balaban J connectivity index is 1.47. The maximum absolute atomic E-state index is 12.1. The van der Waals surface area contributed by atoms with Crippen molar-refractivity contribution in [2.75, 3.05) is 13.2 Å². The fraction of sp³-hybridized carbons (Fsp3) is 0.562. The highest BCUT2D eigenvalue weighted by molar-refractivity contribution is 5.72. The Kier molecular flexibility index (Phi) is 4.03. The van der Waals surface area contributed by atoms with Crippen LogP contribution in [0.2, 0.25) is 0 Å². The zero-order chi connectivity index (χ0) is 13.8. The van der Waals surface area contributed by atoms with Gasteiger partial charge in [0.2, 0.25) is 0 Å². The second kappa shape index (κ2) is 5.94. The van der Waals surface area contributed by atoms with Gasteiger partial charge >= 0.3 is 5.97 Å². The molecule has 2 aliphatic rings. The van der Waals surface area contributed by atoms with Gasteiger partial charge in [0.1, 0.15) is 6.61 Å². The Morgan fingerprint density at radius 3 is 2.45 bits per heavy atom. The van der Waals surface area contributed by atoms with Crippen LogP contribution in [0, 0.1) is 5.92 Å². The number of rotatable bonds is 3. The molecular formula is C16H20O4. The van der Waals surface area contributed by atoms with Crippen molar-refractivity contribution in [1.29, 1.82) is 0 Å². The fourth-order valence-electron chi connectivity index (χ4n) is 2.93. The van der Waals surface area contributed by atoms with E-state index in [0.29, 0.717) is 19.8 Å². The van der Waals surface area contributed by atoms with Crippen molar-refractivity contribution >= 4 is 5.97 Å². The third kappa shape index (κ3) is 3.02. The van der Waals surface area contributed by atoms with Gasteiger partial charge in [-0.1, -0.05) is 30.3 Å². The molecule has 1 aliphatic heterocycles. The molecule has 1 saturated carbocycles. The Hall–Kier alpha value is -1.39. The van der Waals surface area contributed by atoms with E-state index in [1.165, 1.54) is 0 Å². The summed E-state index contributed by atoms with van der Waals surface area (Å²) in [5.74, 6) is -0.519. The molecule has 1 spiro atoms. The smallest absolute Gasteiger partial charge is 0.309 e. The predicted octanol–water partition coefficient (Wildman–Crippen LogP) is 2.66. The molecule has 0 bridgehead atoms. The van der Waals surface area contributed by atoms with Crippen LogP contribution in [-0.4, -0.2) is 25.0 Å². The van der Waals surface area contributed by atoms with Crippen LogP contribution in [0.5, 0.6) is 0 Å². The van der Waals surface area contributed by atoms with Gasteiger partial charge in [0.25, 0.3) is 0 Å². The summed E-state index contributed by atoms with van der Waals surface area (Å²) < 4.78 is 16.7. The van der Waals surface area contributed by atoms with Gasteiger partial charge in [0, 0.05) is 12.8 Å². The first kappa shape index (κ1) is 13.6. The minimum absolute atomic E-state index is 0.0165. The highest BCUT2D eigenvalue weighted by Gasteiger charge is 2.42. The summed E-state index contributed by atoms with van der Waals surface area (Å²) in [5.41, 5.74) is 1.02. The van der Waals surface area contributed by atoms with Crippen molar-refractivity contribution in [3.63, 3.8) is 0 Å². The molecule has 4 nitrogen and oxygen atoms in total. The lowest BCUT2D eigenvalue weighted by atomic mass is 9.85. The molecule has 0 amide bonds. The first-order chi connectivity index (χ1) is 9.77. The van der Waals surface area contributed by atoms with Gasteiger partial charge < -0.3 is 14.2 Å². The number of carbonyl (C=O) groups is 1. The molecule has 0 unspecified atom stereocenters. The maximum Gasteiger partial charge on any atom is 0.309 e. The number of esters is 1. The van der Waals surface area contributed by atoms with Crippen LogP contribution in [0.15, 0.2) is 30.3 Å². The highest BCUT2D eigenvalue weighted by Crippen LogP contribution is 2.38. The van der Waals surface area contributed by atoms with E-state index < -0.39 is 5.79 Å². The quantitative estimate of drug-likeness (QED) is 0.796. The van der Waals surface area contributed by atoms with E-state index in [1.807, 2.05) is 30.3 Å². The summed E-state index contributed by atoms with van der Waals surface area (Å²) in [4.78, 5) is 12.1. The second-order valence-corrected chi connectivity index (χ2v) is 5.48. The number of hydrogen-bond donors (Lipinski definition) is 0. The molecule has 0 aromatic heterocycles. The zero-order valence-corrected chi connectivity index (χ0v) is 11.5. The van der Waals surface area contributed by atoms with E-state index in [9.17, 15) is 4.79 Å². The van der Waals surface area contributed by atoms with E-state index in [0.717, 1.165) is 31.2 Å². The van der Waals surface area contributed by atoms with Crippen molar-refractivity contribution in [3.05, 3.63) is 35.9 Å². The molecule has 0 N–H and O–H groups in total. The first-order valence-electron chi connectivity index (χ1n) is 7.26. The normalized spacial score (nSPS) is 22.0. The van der Waals surface area contributed by atoms with Gasteiger partial charge in [0.15, 0.2) is 5.79 Å². The lowest BCUT2D eigenvalue weighted by Crippen LogP contribution is -2.37. The van der Waals surface area contributed by atoms with Crippen molar-refractivity contribution in [2.45, 2.75) is 38.1 Å². The monoisotopic (exact) mass is 276 g/mol. The topological polar surface area (TPSA) is 44.8 Å². The minimum Gasteiger partial charge on any atom is -0.461 e. The number of hydrogen-bond acceptors (Lipinski definition) is 4. The molecule has 1 saturated heterocycles. The number of carbonyl (C=O) groups excluding carboxylic acids is 1. The zero-order valence-electron chi connectivity index (χ0n) is 11.5. The van der Waals surface area contributed by atoms with E-state index in [2.05, 4.69) is 0 Å². The van der Waals surface area contributed by atoms with Crippen LogP contribution in [0.1, 0.15) is 31.2 Å². The molecule has 0 atom stereocenters. The average Bonchev–Trinajstić information content (AvgIpc) is 2.95. The van der Waals surface area contributed by atoms with E-state index in [-0.39, 0.29) is 11.9 Å². The van der Waals surface area contributed by atoms with Crippen LogP contribution in [0.3, 0.4) is 0 Å². The first-order valence-corrected chi connectivity index (χ1v) is 7.26. The lowest BCUT2D eigenvalue weighted by molar-refractivity contribution is -0.188. The highest BCUT2D eigenvalue weighted by atomic mass is 16.7. The molecule has 1 aliphatic carbocycles. The van der Waals surface area contributed by atoms with E-state index >= 15 is 0 Å². The molecule has 108 valence electrons. The average molecular weight is 276 g/mol. The van der Waals surface area contributed by atoms with E-state index in [4.69, 9.17) is 14.2 Å². The van der Waals surface area contributed by atoms with Gasteiger partial charge in [-0.05, 0) is 18.4 Å². The minimum atomic E-state index is -0.407. The maximum atomic E-state index is 12.1. The molecule has 20 heavy (non-hydrogen) atoms. The Morgan fingerprint density at radius 1 is 1.15 bits per heavy atom. The van der Waals surface area contributed by atoms with Gasteiger partial charge in [-0.2, -0.15) is 0 Å². The van der Waals surface area contributed by atoms with Crippen LogP contribution < -0.4 is 0 Å². The van der Waals surface area contributed by atoms with Crippen molar-refractivity contribution in [3.8, 4) is 0 Å². The standard InChI is InChI=1S/C16H20O4/c17-15(18-12-13-4-2-1-3-5-13)14-6-8-16(9-7-14)19-10-11-20-16/h1-5,14H,6-12H2. The summed E-state index contributed by atoms with van der Waals surface area (Å²) in [6.45, 7) is 1.69. The molecule has 1 aromatic carbocycles. The van der Waals surface area contributed by atoms with Crippen LogP contribution in [-0.2, 0) is 25.6 Å². The Bertz CT molecular complexity index is 441. The van der Waals surface area contributed by atoms with Gasteiger partial charge in [-0.15, -0.1) is 0 Å². The van der Waals surface area contributed by atoms with Crippen LogP contribution in [0.25, 0.3) is 0 Å². The van der Waals surface area contributed by atoms with Crippen molar-refractivity contribution < 1.29 is 19.0 Å². The molecule has 1 aromatic rings. The van der Waals surface area contributed by atoms with E-state index in [1.54, 1.807) is 0 Å². The fourth-order valence-corrected chi connectivity index (χ4v) is 2.93. The largest absolute Gasteiger partial charge is 0.461 e.